The van der Waals surface area contributed by atoms with Gasteiger partial charge in [-0.3, -0.25) is 0 Å². The lowest BCUT2D eigenvalue weighted by molar-refractivity contribution is 0.576. The van der Waals surface area contributed by atoms with Crippen molar-refractivity contribution in [3.8, 4) is 0 Å². The van der Waals surface area contributed by atoms with E-state index < -0.39 is 10.0 Å². The molecule has 7 heteroatoms. The molecule has 0 atom stereocenters. The van der Waals surface area contributed by atoms with E-state index in [1.54, 1.807) is 24.7 Å². The van der Waals surface area contributed by atoms with E-state index in [0.717, 1.165) is 0 Å². The van der Waals surface area contributed by atoms with Crippen molar-refractivity contribution in [3.63, 3.8) is 0 Å². The fourth-order valence-corrected chi connectivity index (χ4v) is 2.35. The van der Waals surface area contributed by atoms with Crippen LogP contribution in [0.15, 0.2) is 11.2 Å². The van der Waals surface area contributed by atoms with Crippen LogP contribution in [0.1, 0.15) is 12.7 Å². The molecule has 1 aromatic heterocycles. The molecule has 1 rings (SSSR count). The van der Waals surface area contributed by atoms with Gasteiger partial charge in [0.25, 0.3) is 10.0 Å². The van der Waals surface area contributed by atoms with Crippen molar-refractivity contribution in [2.24, 2.45) is 0 Å². The minimum absolute atomic E-state index is 0.0861. The molecular formula is C9H18N4O2S. The lowest BCUT2D eigenvalue weighted by Crippen LogP contribution is -2.30. The first kappa shape index (κ1) is 13.1. The lowest BCUT2D eigenvalue weighted by atomic mass is 10.6. The molecule has 0 aromatic carbocycles. The number of nitrogens with one attached hydrogen (secondary N) is 2. The maximum atomic E-state index is 11.8. The lowest BCUT2D eigenvalue weighted by Gasteiger charge is -2.02. The third kappa shape index (κ3) is 3.03. The third-order valence-corrected chi connectivity index (χ3v) is 3.57. The zero-order valence-electron chi connectivity index (χ0n) is 9.82. The van der Waals surface area contributed by atoms with E-state index in [0.29, 0.717) is 25.5 Å². The molecule has 0 aliphatic rings. The molecule has 0 spiro atoms. The van der Waals surface area contributed by atoms with E-state index in [2.05, 4.69) is 15.0 Å². The predicted molar refractivity (Wildman–Crippen MR) is 61.8 cm³/mol. The largest absolute Gasteiger partial charge is 0.334 e. The molecule has 0 amide bonds. The van der Waals surface area contributed by atoms with Crippen molar-refractivity contribution >= 4 is 10.0 Å². The molecule has 0 saturated heterocycles. The van der Waals surface area contributed by atoms with E-state index >= 15 is 0 Å². The Hall–Kier alpha value is -0.920. The molecule has 92 valence electrons. The summed E-state index contributed by atoms with van der Waals surface area (Å²) in [4.78, 5) is 4.02. The molecule has 1 heterocycles. The predicted octanol–water partition coefficient (Wildman–Crippen LogP) is -0.291. The first-order valence-electron chi connectivity index (χ1n) is 5.19. The number of hydrogen-bond acceptors (Lipinski definition) is 4. The van der Waals surface area contributed by atoms with Gasteiger partial charge < -0.3 is 9.88 Å². The van der Waals surface area contributed by atoms with Crippen molar-refractivity contribution in [3.05, 3.63) is 12.0 Å². The summed E-state index contributed by atoms with van der Waals surface area (Å²) >= 11 is 0. The smallest absolute Gasteiger partial charge is 0.259 e. The Morgan fingerprint density at radius 3 is 2.62 bits per heavy atom. The molecule has 0 saturated carbocycles. The number of aromatic nitrogens is 2. The topological polar surface area (TPSA) is 76.0 Å². The zero-order valence-corrected chi connectivity index (χ0v) is 10.6. The number of likely N-dealkylation sites (N-methyl/N-ethyl adjacent to an activating group) is 1. The highest BCUT2D eigenvalue weighted by Crippen LogP contribution is 2.08. The Labute approximate surface area is 96.1 Å². The zero-order chi connectivity index (χ0) is 12.2. The molecule has 0 unspecified atom stereocenters. The quantitative estimate of drug-likeness (QED) is 0.676. The Morgan fingerprint density at radius 1 is 1.44 bits per heavy atom. The number of aryl methyl sites for hydroxylation is 2. The molecule has 0 aliphatic carbocycles. The number of hydrogen-bond donors (Lipinski definition) is 2. The normalized spacial score (nSPS) is 11.9. The SMILES string of the molecule is CCn1cc(S(=O)(=O)NCCNC)nc1C. The van der Waals surface area contributed by atoms with Crippen LogP contribution in [0.5, 0.6) is 0 Å². The number of sulfonamides is 1. The van der Waals surface area contributed by atoms with E-state index in [1.165, 1.54) is 0 Å². The second kappa shape index (κ2) is 5.42. The van der Waals surface area contributed by atoms with Gasteiger partial charge in [-0.1, -0.05) is 0 Å². The number of nitrogens with zero attached hydrogens (tertiary/aromatic N) is 2. The van der Waals surface area contributed by atoms with E-state index in [-0.39, 0.29) is 5.03 Å². The second-order valence-electron chi connectivity index (χ2n) is 3.41. The summed E-state index contributed by atoms with van der Waals surface area (Å²) in [5, 5.41) is 2.95. The highest BCUT2D eigenvalue weighted by molar-refractivity contribution is 7.89. The molecule has 6 nitrogen and oxygen atoms in total. The second-order valence-corrected chi connectivity index (χ2v) is 5.13. The van der Waals surface area contributed by atoms with Crippen LogP contribution in [0.2, 0.25) is 0 Å². The van der Waals surface area contributed by atoms with Crippen molar-refractivity contribution in [2.75, 3.05) is 20.1 Å². The molecule has 0 bridgehead atoms. The first-order chi connectivity index (χ1) is 7.51. The maximum Gasteiger partial charge on any atom is 0.259 e. The van der Waals surface area contributed by atoms with E-state index in [9.17, 15) is 8.42 Å². The summed E-state index contributed by atoms with van der Waals surface area (Å²) in [6.45, 7) is 5.39. The maximum absolute atomic E-state index is 11.8. The van der Waals surface area contributed by atoms with Gasteiger partial charge in [0.15, 0.2) is 5.03 Å². The fraction of sp³-hybridized carbons (Fsp3) is 0.667. The van der Waals surface area contributed by atoms with Gasteiger partial charge in [-0.2, -0.15) is 0 Å². The standard InChI is InChI=1S/C9H18N4O2S/c1-4-13-7-9(12-8(13)2)16(14,15)11-6-5-10-3/h7,10-11H,4-6H2,1-3H3. The van der Waals surface area contributed by atoms with Crippen LogP contribution in [-0.2, 0) is 16.6 Å². The van der Waals surface area contributed by atoms with Gasteiger partial charge in [0.05, 0.1) is 0 Å². The highest BCUT2D eigenvalue weighted by atomic mass is 32.2. The van der Waals surface area contributed by atoms with Gasteiger partial charge in [-0.05, 0) is 20.9 Å². The van der Waals surface area contributed by atoms with Gasteiger partial charge in [-0.15, -0.1) is 0 Å². The Balaban J connectivity index is 2.81. The van der Waals surface area contributed by atoms with Gasteiger partial charge in [-0.25, -0.2) is 18.1 Å². The number of imidazole rings is 1. The van der Waals surface area contributed by atoms with Crippen LogP contribution in [0.4, 0.5) is 0 Å². The Morgan fingerprint density at radius 2 is 2.12 bits per heavy atom. The molecular weight excluding hydrogens is 228 g/mol. The van der Waals surface area contributed by atoms with E-state index in [1.807, 2.05) is 6.92 Å². The van der Waals surface area contributed by atoms with Crippen molar-refractivity contribution in [2.45, 2.75) is 25.4 Å². The van der Waals surface area contributed by atoms with Crippen LogP contribution in [0.3, 0.4) is 0 Å². The molecule has 1 aromatic rings. The molecule has 0 radical (unpaired) electrons. The average Bonchev–Trinajstić information content (AvgIpc) is 2.60. The molecule has 0 fully saturated rings. The van der Waals surface area contributed by atoms with Crippen molar-refractivity contribution in [1.82, 2.24) is 19.6 Å². The molecule has 16 heavy (non-hydrogen) atoms. The highest BCUT2D eigenvalue weighted by Gasteiger charge is 2.17. The van der Waals surface area contributed by atoms with E-state index in [4.69, 9.17) is 0 Å². The summed E-state index contributed by atoms with van der Waals surface area (Å²) in [6, 6.07) is 0. The third-order valence-electron chi connectivity index (χ3n) is 2.24. The van der Waals surface area contributed by atoms with Crippen LogP contribution in [0, 0.1) is 6.92 Å². The Kier molecular flexibility index (Phi) is 4.45. The van der Waals surface area contributed by atoms with Gasteiger partial charge in [0, 0.05) is 25.8 Å². The van der Waals surface area contributed by atoms with Crippen LogP contribution < -0.4 is 10.0 Å². The van der Waals surface area contributed by atoms with Gasteiger partial charge >= 0.3 is 0 Å². The minimum Gasteiger partial charge on any atom is -0.334 e. The van der Waals surface area contributed by atoms with Crippen LogP contribution >= 0.6 is 0 Å². The van der Waals surface area contributed by atoms with Crippen LogP contribution in [-0.4, -0.2) is 38.1 Å². The monoisotopic (exact) mass is 246 g/mol. The summed E-state index contributed by atoms with van der Waals surface area (Å²) in [7, 11) is -1.70. The van der Waals surface area contributed by atoms with Crippen molar-refractivity contribution < 1.29 is 8.42 Å². The van der Waals surface area contributed by atoms with Crippen molar-refractivity contribution in [1.29, 1.82) is 0 Å². The fourth-order valence-electron chi connectivity index (χ4n) is 1.31. The van der Waals surface area contributed by atoms with Gasteiger partial charge in [0.2, 0.25) is 0 Å². The minimum atomic E-state index is -3.47. The Bertz CT molecular complexity index is 438. The summed E-state index contributed by atoms with van der Waals surface area (Å²) < 4.78 is 27.8. The molecule has 2 N–H and O–H groups in total. The average molecular weight is 246 g/mol. The summed E-state index contributed by atoms with van der Waals surface area (Å²) in [5.41, 5.74) is 0. The number of rotatable bonds is 6. The van der Waals surface area contributed by atoms with Crippen LogP contribution in [0.25, 0.3) is 0 Å². The first-order valence-corrected chi connectivity index (χ1v) is 6.67. The molecule has 0 aliphatic heterocycles. The summed E-state index contributed by atoms with van der Waals surface area (Å²) in [6.07, 6.45) is 1.55. The van der Waals surface area contributed by atoms with Gasteiger partial charge in [0.1, 0.15) is 5.82 Å². The summed E-state index contributed by atoms with van der Waals surface area (Å²) in [5.74, 6) is 0.705.